The summed E-state index contributed by atoms with van der Waals surface area (Å²) >= 11 is 1.78. The lowest BCUT2D eigenvalue weighted by molar-refractivity contribution is -0.119. The van der Waals surface area contributed by atoms with E-state index in [0.717, 1.165) is 38.0 Å². The number of thiazole rings is 1. The molecule has 2 aliphatic rings. The topological polar surface area (TPSA) is 79.5 Å². The number of aromatic nitrogens is 1. The number of likely N-dealkylation sites (N-methyl/N-ethyl adjacent to an activating group) is 1. The highest BCUT2D eigenvalue weighted by atomic mass is 32.1. The summed E-state index contributed by atoms with van der Waals surface area (Å²) in [7, 11) is 3.59. The first-order valence-corrected chi connectivity index (χ1v) is 13.0. The standard InChI is InChI=1S/C23H30N2OS.C4H10N2O/c1-22(2)9-10-23(3,4)19-13-17(5-6-18(19)22)20-14-27-21(24-20)16-7-11-25(15-26)12-8-16;1-6(2)3-4(5)7/h5-6,13-16H,7-12H2,1-4H3;3H2,1-2H3,(H2,5,7). The van der Waals surface area contributed by atoms with Gasteiger partial charge >= 0.3 is 0 Å². The molecule has 0 unspecified atom stereocenters. The van der Waals surface area contributed by atoms with E-state index < -0.39 is 0 Å². The van der Waals surface area contributed by atoms with Crippen LogP contribution in [0, 0.1) is 0 Å². The summed E-state index contributed by atoms with van der Waals surface area (Å²) in [6.07, 6.45) is 5.49. The number of carbonyl (C=O) groups excluding carboxylic acids is 2. The molecule has 2 heterocycles. The highest BCUT2D eigenvalue weighted by molar-refractivity contribution is 7.10. The van der Waals surface area contributed by atoms with E-state index in [1.165, 1.54) is 34.5 Å². The normalized spacial score (nSPS) is 19.2. The molecular formula is C27H40N4O2S. The SMILES string of the molecule is CC1(C)CCC(C)(C)c2cc(-c3csc(C4CCN(C=O)CC4)n3)ccc21.CN(C)CC(N)=O. The van der Waals surface area contributed by atoms with Crippen LogP contribution in [0.5, 0.6) is 0 Å². The summed E-state index contributed by atoms with van der Waals surface area (Å²) < 4.78 is 0. The second-order valence-electron chi connectivity index (χ2n) is 11.2. The fourth-order valence-electron chi connectivity index (χ4n) is 4.92. The van der Waals surface area contributed by atoms with Crippen molar-refractivity contribution in [2.75, 3.05) is 33.7 Å². The highest BCUT2D eigenvalue weighted by Gasteiger charge is 2.37. The van der Waals surface area contributed by atoms with Crippen molar-refractivity contribution in [1.29, 1.82) is 0 Å². The summed E-state index contributed by atoms with van der Waals surface area (Å²) in [5, 5.41) is 3.44. The maximum atomic E-state index is 10.9. The maximum absolute atomic E-state index is 10.9. The molecule has 2 aromatic rings. The molecule has 186 valence electrons. The van der Waals surface area contributed by atoms with Crippen molar-refractivity contribution < 1.29 is 9.59 Å². The van der Waals surface area contributed by atoms with Crippen LogP contribution in [0.25, 0.3) is 11.3 Å². The third kappa shape index (κ3) is 6.25. The largest absolute Gasteiger partial charge is 0.369 e. The average Bonchev–Trinajstić information content (AvgIpc) is 3.27. The summed E-state index contributed by atoms with van der Waals surface area (Å²) in [4.78, 5) is 29.5. The Morgan fingerprint density at radius 2 is 1.76 bits per heavy atom. The number of amides is 2. The fourth-order valence-corrected chi connectivity index (χ4v) is 5.92. The number of fused-ring (bicyclic) bond motifs is 1. The number of primary amides is 1. The molecule has 1 aromatic carbocycles. The predicted octanol–water partition coefficient (Wildman–Crippen LogP) is 4.53. The molecule has 1 aliphatic carbocycles. The van der Waals surface area contributed by atoms with Crippen LogP contribution in [0.4, 0.5) is 0 Å². The smallest absolute Gasteiger partial charge is 0.231 e. The van der Waals surface area contributed by atoms with Gasteiger partial charge in [-0.25, -0.2) is 4.98 Å². The number of rotatable bonds is 5. The lowest BCUT2D eigenvalue weighted by Crippen LogP contribution is -2.33. The Morgan fingerprint density at radius 1 is 1.15 bits per heavy atom. The molecule has 0 bridgehead atoms. The van der Waals surface area contributed by atoms with E-state index in [-0.39, 0.29) is 16.7 Å². The number of hydrogen-bond acceptors (Lipinski definition) is 5. The molecule has 0 radical (unpaired) electrons. The molecule has 7 heteroatoms. The van der Waals surface area contributed by atoms with Gasteiger partial charge in [-0.3, -0.25) is 9.59 Å². The van der Waals surface area contributed by atoms with Crippen molar-refractivity contribution in [3.63, 3.8) is 0 Å². The van der Waals surface area contributed by atoms with Crippen LogP contribution in [0.2, 0.25) is 0 Å². The Hall–Kier alpha value is -2.25. The summed E-state index contributed by atoms with van der Waals surface area (Å²) in [6, 6.07) is 6.99. The predicted molar refractivity (Wildman–Crippen MR) is 140 cm³/mol. The van der Waals surface area contributed by atoms with E-state index in [0.29, 0.717) is 12.5 Å². The zero-order valence-electron chi connectivity index (χ0n) is 21.6. The van der Waals surface area contributed by atoms with Gasteiger partial charge in [0.05, 0.1) is 17.2 Å². The summed E-state index contributed by atoms with van der Waals surface area (Å²) in [5.41, 5.74) is 10.6. The Kier molecular flexibility index (Phi) is 8.19. The number of benzene rings is 1. The van der Waals surface area contributed by atoms with E-state index in [1.54, 1.807) is 30.3 Å². The van der Waals surface area contributed by atoms with Gasteiger partial charge in [0.1, 0.15) is 0 Å². The first kappa shape index (κ1) is 26.4. The number of nitrogens with zero attached hydrogens (tertiary/aromatic N) is 3. The molecule has 4 rings (SSSR count). The van der Waals surface area contributed by atoms with Gasteiger partial charge < -0.3 is 15.5 Å². The number of likely N-dealkylation sites (tertiary alicyclic amines) is 1. The first-order valence-electron chi connectivity index (χ1n) is 12.2. The minimum absolute atomic E-state index is 0.224. The van der Waals surface area contributed by atoms with Crippen molar-refractivity contribution in [2.45, 2.75) is 70.1 Å². The van der Waals surface area contributed by atoms with Gasteiger partial charge in [-0.15, -0.1) is 11.3 Å². The van der Waals surface area contributed by atoms with Crippen LogP contribution in [-0.2, 0) is 20.4 Å². The van der Waals surface area contributed by atoms with Gasteiger partial charge in [-0.1, -0.05) is 39.8 Å². The molecule has 0 atom stereocenters. The molecule has 1 saturated heterocycles. The maximum Gasteiger partial charge on any atom is 0.231 e. The van der Waals surface area contributed by atoms with Crippen LogP contribution in [0.1, 0.15) is 75.4 Å². The fraction of sp³-hybridized carbons (Fsp3) is 0.593. The molecule has 0 saturated carbocycles. The van der Waals surface area contributed by atoms with E-state index in [2.05, 4.69) is 51.3 Å². The monoisotopic (exact) mass is 484 g/mol. The van der Waals surface area contributed by atoms with Gasteiger partial charge in [0.2, 0.25) is 12.3 Å². The Balaban J connectivity index is 0.000000406. The molecule has 0 spiro atoms. The zero-order valence-corrected chi connectivity index (χ0v) is 22.4. The molecule has 6 nitrogen and oxygen atoms in total. The second kappa shape index (κ2) is 10.6. The van der Waals surface area contributed by atoms with Gasteiger partial charge in [0.25, 0.3) is 0 Å². The van der Waals surface area contributed by atoms with Crippen LogP contribution in [0.3, 0.4) is 0 Å². The average molecular weight is 485 g/mol. The third-order valence-electron chi connectivity index (χ3n) is 7.17. The molecule has 1 aromatic heterocycles. The molecule has 34 heavy (non-hydrogen) atoms. The molecule has 2 amide bonds. The summed E-state index contributed by atoms with van der Waals surface area (Å²) in [5.74, 6) is 0.206. The van der Waals surface area contributed by atoms with Crippen LogP contribution in [0.15, 0.2) is 23.6 Å². The van der Waals surface area contributed by atoms with Crippen molar-refractivity contribution in [2.24, 2.45) is 5.73 Å². The minimum atomic E-state index is -0.287. The van der Waals surface area contributed by atoms with E-state index in [4.69, 9.17) is 10.7 Å². The van der Waals surface area contributed by atoms with Crippen LogP contribution in [-0.4, -0.2) is 60.8 Å². The number of piperidine rings is 1. The Labute approximate surface area is 208 Å². The van der Waals surface area contributed by atoms with Crippen LogP contribution < -0.4 is 5.73 Å². The molecule has 1 fully saturated rings. The minimum Gasteiger partial charge on any atom is -0.369 e. The summed E-state index contributed by atoms with van der Waals surface area (Å²) in [6.45, 7) is 11.5. The quantitative estimate of drug-likeness (QED) is 0.633. The van der Waals surface area contributed by atoms with Gasteiger partial charge in [-0.05, 0) is 67.8 Å². The van der Waals surface area contributed by atoms with Gasteiger partial charge in [-0.2, -0.15) is 0 Å². The zero-order chi connectivity index (χ0) is 25.1. The Bertz CT molecular complexity index is 1000. The third-order valence-corrected chi connectivity index (χ3v) is 8.18. The Morgan fingerprint density at radius 3 is 2.29 bits per heavy atom. The highest BCUT2D eigenvalue weighted by Crippen LogP contribution is 2.47. The van der Waals surface area contributed by atoms with Crippen molar-refractivity contribution in [3.05, 3.63) is 39.7 Å². The van der Waals surface area contributed by atoms with Crippen molar-refractivity contribution in [3.8, 4) is 11.3 Å². The first-order chi connectivity index (χ1) is 15.9. The van der Waals surface area contributed by atoms with Crippen molar-refractivity contribution in [1.82, 2.24) is 14.8 Å². The van der Waals surface area contributed by atoms with Crippen molar-refractivity contribution >= 4 is 23.7 Å². The van der Waals surface area contributed by atoms with Gasteiger partial charge in [0.15, 0.2) is 0 Å². The molecule has 1 aliphatic heterocycles. The van der Waals surface area contributed by atoms with E-state index in [9.17, 15) is 9.59 Å². The number of carbonyl (C=O) groups is 2. The second-order valence-corrected chi connectivity index (χ2v) is 12.1. The lowest BCUT2D eigenvalue weighted by Gasteiger charge is -2.42. The number of hydrogen-bond donors (Lipinski definition) is 1. The lowest BCUT2D eigenvalue weighted by atomic mass is 9.63. The van der Waals surface area contributed by atoms with E-state index >= 15 is 0 Å². The van der Waals surface area contributed by atoms with Crippen LogP contribution >= 0.6 is 11.3 Å². The molecular weight excluding hydrogens is 444 g/mol. The number of nitrogens with two attached hydrogens (primary N) is 1. The van der Waals surface area contributed by atoms with E-state index in [1.807, 2.05) is 4.90 Å². The molecule has 2 N–H and O–H groups in total. The van der Waals surface area contributed by atoms with Gasteiger partial charge in [0, 0.05) is 30.0 Å².